The summed E-state index contributed by atoms with van der Waals surface area (Å²) >= 11 is 0. The number of aryl methyl sites for hydroxylation is 2. The van der Waals surface area contributed by atoms with Crippen LogP contribution in [-0.4, -0.2) is 42.9 Å². The van der Waals surface area contributed by atoms with Crippen LogP contribution in [0.5, 0.6) is 0 Å². The number of para-hydroxylation sites is 1. The monoisotopic (exact) mass is 412 g/mol. The smallest absolute Gasteiger partial charge is 0.312 e. The van der Waals surface area contributed by atoms with E-state index in [1.807, 2.05) is 32.0 Å². The lowest BCUT2D eigenvalue weighted by molar-refractivity contribution is -0.174. The second-order valence-corrected chi connectivity index (χ2v) is 9.84. The Bertz CT molecular complexity index is 807. The standard InChI is InChI=1S/C24H32N2O4/c1-15-5-4-6-16(2)22(15)25-20(27)13-26(3)21(28)14-30-23(29)24-10-17-7-18(11-24)9-19(8-17)12-24/h4-6,17-19H,7-14H2,1-3H3,(H,25,27). The highest BCUT2D eigenvalue weighted by Crippen LogP contribution is 2.60. The van der Waals surface area contributed by atoms with E-state index in [-0.39, 0.29) is 36.4 Å². The van der Waals surface area contributed by atoms with Crippen molar-refractivity contribution < 1.29 is 19.1 Å². The topological polar surface area (TPSA) is 75.7 Å². The summed E-state index contributed by atoms with van der Waals surface area (Å²) in [6, 6.07) is 5.80. The largest absolute Gasteiger partial charge is 0.455 e. The number of carbonyl (C=O) groups excluding carboxylic acids is 3. The fourth-order valence-electron chi connectivity index (χ4n) is 6.25. The lowest BCUT2D eigenvalue weighted by atomic mass is 9.49. The van der Waals surface area contributed by atoms with Crippen molar-refractivity contribution in [3.8, 4) is 0 Å². The van der Waals surface area contributed by atoms with Crippen LogP contribution < -0.4 is 5.32 Å². The van der Waals surface area contributed by atoms with Gasteiger partial charge in [0.25, 0.3) is 5.91 Å². The minimum Gasteiger partial charge on any atom is -0.455 e. The van der Waals surface area contributed by atoms with Gasteiger partial charge in [-0.2, -0.15) is 0 Å². The van der Waals surface area contributed by atoms with Crippen LogP contribution in [0.15, 0.2) is 18.2 Å². The Morgan fingerprint density at radius 3 is 2.10 bits per heavy atom. The van der Waals surface area contributed by atoms with Gasteiger partial charge in [0.15, 0.2) is 6.61 Å². The molecule has 0 unspecified atom stereocenters. The van der Waals surface area contributed by atoms with Crippen LogP contribution in [0, 0.1) is 37.0 Å². The molecule has 6 heteroatoms. The van der Waals surface area contributed by atoms with Gasteiger partial charge in [-0.05, 0) is 81.3 Å². The molecule has 1 aromatic carbocycles. The molecule has 0 saturated heterocycles. The van der Waals surface area contributed by atoms with E-state index in [9.17, 15) is 14.4 Å². The number of amides is 2. The zero-order valence-electron chi connectivity index (χ0n) is 18.2. The van der Waals surface area contributed by atoms with Crippen LogP contribution in [0.25, 0.3) is 0 Å². The van der Waals surface area contributed by atoms with Crippen molar-refractivity contribution in [2.45, 2.75) is 52.4 Å². The SMILES string of the molecule is Cc1cccc(C)c1NC(=O)CN(C)C(=O)COC(=O)C12CC3CC(CC(C3)C1)C2. The molecule has 5 rings (SSSR count). The van der Waals surface area contributed by atoms with E-state index in [0.717, 1.165) is 36.1 Å². The maximum atomic E-state index is 12.9. The summed E-state index contributed by atoms with van der Waals surface area (Å²) in [4.78, 5) is 39.1. The molecule has 0 spiro atoms. The Balaban J connectivity index is 1.28. The Labute approximate surface area is 178 Å². The van der Waals surface area contributed by atoms with Crippen LogP contribution in [-0.2, 0) is 19.1 Å². The van der Waals surface area contributed by atoms with E-state index < -0.39 is 0 Å². The number of likely N-dealkylation sites (N-methyl/N-ethyl adjacent to an activating group) is 1. The quantitative estimate of drug-likeness (QED) is 0.726. The van der Waals surface area contributed by atoms with E-state index in [1.165, 1.54) is 24.2 Å². The number of nitrogens with zero attached hydrogens (tertiary/aromatic N) is 1. The predicted molar refractivity (Wildman–Crippen MR) is 114 cm³/mol. The van der Waals surface area contributed by atoms with Crippen LogP contribution >= 0.6 is 0 Å². The van der Waals surface area contributed by atoms with Crippen molar-refractivity contribution in [2.75, 3.05) is 25.5 Å². The van der Waals surface area contributed by atoms with Gasteiger partial charge in [0.05, 0.1) is 12.0 Å². The first-order valence-corrected chi connectivity index (χ1v) is 11.0. The molecule has 4 fully saturated rings. The van der Waals surface area contributed by atoms with E-state index in [1.54, 1.807) is 7.05 Å². The maximum absolute atomic E-state index is 12.9. The van der Waals surface area contributed by atoms with E-state index in [4.69, 9.17) is 4.74 Å². The van der Waals surface area contributed by atoms with Gasteiger partial charge in [0.1, 0.15) is 0 Å². The molecule has 0 aromatic heterocycles. The molecule has 4 bridgehead atoms. The highest BCUT2D eigenvalue weighted by molar-refractivity contribution is 5.96. The van der Waals surface area contributed by atoms with E-state index in [0.29, 0.717) is 17.8 Å². The van der Waals surface area contributed by atoms with Crippen molar-refractivity contribution >= 4 is 23.5 Å². The molecule has 0 atom stereocenters. The van der Waals surface area contributed by atoms with Crippen molar-refractivity contribution in [1.82, 2.24) is 4.90 Å². The summed E-state index contributed by atoms with van der Waals surface area (Å²) in [6.45, 7) is 3.48. The number of rotatable bonds is 6. The lowest BCUT2D eigenvalue weighted by Crippen LogP contribution is -2.51. The number of anilines is 1. The van der Waals surface area contributed by atoms with Crippen molar-refractivity contribution in [3.63, 3.8) is 0 Å². The fourth-order valence-corrected chi connectivity index (χ4v) is 6.25. The molecular formula is C24H32N2O4. The lowest BCUT2D eigenvalue weighted by Gasteiger charge is -2.55. The molecular weight excluding hydrogens is 380 g/mol. The molecule has 4 saturated carbocycles. The van der Waals surface area contributed by atoms with E-state index >= 15 is 0 Å². The van der Waals surface area contributed by atoms with Crippen LogP contribution in [0.1, 0.15) is 49.7 Å². The number of hydrogen-bond acceptors (Lipinski definition) is 4. The molecule has 4 aliphatic carbocycles. The molecule has 4 aliphatic rings. The average Bonchev–Trinajstić information content (AvgIpc) is 2.67. The molecule has 30 heavy (non-hydrogen) atoms. The molecule has 1 N–H and O–H groups in total. The van der Waals surface area contributed by atoms with Gasteiger partial charge in [-0.25, -0.2) is 0 Å². The van der Waals surface area contributed by atoms with Gasteiger partial charge in [-0.15, -0.1) is 0 Å². The fraction of sp³-hybridized carbons (Fsp3) is 0.625. The number of nitrogens with one attached hydrogen (secondary N) is 1. The number of esters is 1. The Morgan fingerprint density at radius 2 is 1.57 bits per heavy atom. The molecule has 2 amide bonds. The third-order valence-electron chi connectivity index (χ3n) is 7.35. The van der Waals surface area contributed by atoms with E-state index in [2.05, 4.69) is 5.32 Å². The van der Waals surface area contributed by atoms with Gasteiger partial charge >= 0.3 is 5.97 Å². The van der Waals surface area contributed by atoms with Gasteiger partial charge in [-0.3, -0.25) is 14.4 Å². The maximum Gasteiger partial charge on any atom is 0.312 e. The van der Waals surface area contributed by atoms with Gasteiger partial charge < -0.3 is 15.0 Å². The first kappa shape index (κ1) is 20.9. The van der Waals surface area contributed by atoms with Crippen molar-refractivity contribution in [2.24, 2.45) is 23.2 Å². The number of benzene rings is 1. The highest BCUT2D eigenvalue weighted by atomic mass is 16.5. The summed E-state index contributed by atoms with van der Waals surface area (Å²) in [5.74, 6) is 1.12. The normalized spacial score (nSPS) is 28.8. The van der Waals surface area contributed by atoms with Crippen LogP contribution in [0.4, 0.5) is 5.69 Å². The summed E-state index contributed by atoms with van der Waals surface area (Å²) in [5.41, 5.74) is 2.35. The summed E-state index contributed by atoms with van der Waals surface area (Å²) in [5, 5.41) is 2.88. The first-order valence-electron chi connectivity index (χ1n) is 11.0. The Hall–Kier alpha value is -2.37. The predicted octanol–water partition coefficient (Wildman–Crippen LogP) is 3.46. The Kier molecular flexibility index (Phi) is 5.60. The zero-order chi connectivity index (χ0) is 21.5. The third kappa shape index (κ3) is 4.09. The average molecular weight is 413 g/mol. The first-order chi connectivity index (χ1) is 14.3. The van der Waals surface area contributed by atoms with Crippen molar-refractivity contribution in [1.29, 1.82) is 0 Å². The zero-order valence-corrected chi connectivity index (χ0v) is 18.2. The van der Waals surface area contributed by atoms with Gasteiger partial charge in [0, 0.05) is 12.7 Å². The molecule has 0 radical (unpaired) electrons. The molecule has 1 aromatic rings. The van der Waals surface area contributed by atoms with Gasteiger partial charge in [0.2, 0.25) is 5.91 Å². The second-order valence-electron chi connectivity index (χ2n) is 9.84. The molecule has 0 heterocycles. The summed E-state index contributed by atoms with van der Waals surface area (Å²) in [7, 11) is 1.56. The van der Waals surface area contributed by atoms with Crippen molar-refractivity contribution in [3.05, 3.63) is 29.3 Å². The molecule has 0 aliphatic heterocycles. The van der Waals surface area contributed by atoms with Crippen LogP contribution in [0.2, 0.25) is 0 Å². The number of hydrogen-bond donors (Lipinski definition) is 1. The number of ether oxygens (including phenoxy) is 1. The van der Waals surface area contributed by atoms with Crippen LogP contribution in [0.3, 0.4) is 0 Å². The second kappa shape index (κ2) is 8.05. The highest BCUT2D eigenvalue weighted by Gasteiger charge is 2.55. The summed E-state index contributed by atoms with van der Waals surface area (Å²) in [6.07, 6.45) is 6.51. The number of carbonyl (C=O) groups is 3. The summed E-state index contributed by atoms with van der Waals surface area (Å²) < 4.78 is 5.49. The third-order valence-corrected chi connectivity index (χ3v) is 7.35. The Morgan fingerprint density at radius 1 is 1.03 bits per heavy atom. The minimum absolute atomic E-state index is 0.0818. The molecule has 162 valence electrons. The van der Waals surface area contributed by atoms with Gasteiger partial charge in [-0.1, -0.05) is 18.2 Å². The molecule has 6 nitrogen and oxygen atoms in total. The minimum atomic E-state index is -0.368.